The maximum absolute atomic E-state index is 13.4. The Morgan fingerprint density at radius 3 is 2.72 bits per heavy atom. The van der Waals surface area contributed by atoms with Crippen molar-refractivity contribution in [3.05, 3.63) is 35.7 Å². The second kappa shape index (κ2) is 5.97. The van der Waals surface area contributed by atoms with Crippen LogP contribution in [0.1, 0.15) is 18.9 Å². The van der Waals surface area contributed by atoms with Crippen LogP contribution in [0.2, 0.25) is 0 Å². The van der Waals surface area contributed by atoms with E-state index < -0.39 is 15.8 Å². The van der Waals surface area contributed by atoms with Crippen LogP contribution in [0.4, 0.5) is 10.1 Å². The maximum atomic E-state index is 13.4. The van der Waals surface area contributed by atoms with Crippen molar-refractivity contribution in [3.8, 4) is 0 Å². The molecule has 6 heteroatoms. The summed E-state index contributed by atoms with van der Waals surface area (Å²) in [6, 6.07) is 2.37. The van der Waals surface area contributed by atoms with Crippen molar-refractivity contribution in [1.29, 1.82) is 0 Å². The number of hydrogen-bond acceptors (Lipinski definition) is 3. The van der Waals surface area contributed by atoms with Crippen LogP contribution in [0.3, 0.4) is 0 Å². The maximum Gasteiger partial charge on any atom is 0.241 e. The quantitative estimate of drug-likeness (QED) is 0.489. The van der Waals surface area contributed by atoms with Gasteiger partial charge in [-0.25, -0.2) is 17.5 Å². The van der Waals surface area contributed by atoms with Crippen LogP contribution in [0.5, 0.6) is 0 Å². The number of nitrogen functional groups attached to an aromatic ring is 1. The first-order valence-electron chi connectivity index (χ1n) is 5.55. The lowest BCUT2D eigenvalue weighted by Crippen LogP contribution is -2.25. The molecule has 0 unspecified atom stereocenters. The van der Waals surface area contributed by atoms with Crippen molar-refractivity contribution in [2.75, 3.05) is 12.3 Å². The second-order valence-electron chi connectivity index (χ2n) is 3.88. The molecular formula is C12H17FN2O2S. The van der Waals surface area contributed by atoms with Crippen LogP contribution in [-0.4, -0.2) is 15.0 Å². The standard InChI is InChI=1S/C12H17FN2O2S/c1-3-4-5-6-15-18(16,17)12-8-10(14)7-11(13)9(12)2/h3-4,7-8,15H,5-6,14H2,1-2H3/b4-3+. The first kappa shape index (κ1) is 14.7. The van der Waals surface area contributed by atoms with E-state index in [9.17, 15) is 12.8 Å². The molecule has 0 saturated carbocycles. The number of sulfonamides is 1. The molecule has 3 N–H and O–H groups in total. The van der Waals surface area contributed by atoms with Gasteiger partial charge in [-0.2, -0.15) is 0 Å². The molecule has 0 heterocycles. The minimum absolute atomic E-state index is 0.0720. The number of nitrogens with two attached hydrogens (primary N) is 1. The van der Waals surface area contributed by atoms with Gasteiger partial charge in [-0.15, -0.1) is 0 Å². The SMILES string of the molecule is C/C=C/CCNS(=O)(=O)c1cc(N)cc(F)c1C. The Labute approximate surface area is 107 Å². The fraction of sp³-hybridized carbons (Fsp3) is 0.333. The van der Waals surface area contributed by atoms with Crippen LogP contribution >= 0.6 is 0 Å². The third kappa shape index (κ3) is 3.54. The molecule has 0 atom stereocenters. The van der Waals surface area contributed by atoms with Gasteiger partial charge in [-0.05, 0) is 32.4 Å². The normalized spacial score (nSPS) is 12.2. The van der Waals surface area contributed by atoms with E-state index in [2.05, 4.69) is 4.72 Å². The van der Waals surface area contributed by atoms with Crippen molar-refractivity contribution in [3.63, 3.8) is 0 Å². The molecule has 0 fully saturated rings. The number of allylic oxidation sites excluding steroid dienone is 1. The first-order chi connectivity index (χ1) is 8.38. The molecule has 0 bridgehead atoms. The van der Waals surface area contributed by atoms with Gasteiger partial charge in [0.05, 0.1) is 4.90 Å². The van der Waals surface area contributed by atoms with Crippen LogP contribution in [0.25, 0.3) is 0 Å². The van der Waals surface area contributed by atoms with Gasteiger partial charge >= 0.3 is 0 Å². The van der Waals surface area contributed by atoms with Crippen molar-refractivity contribution < 1.29 is 12.8 Å². The summed E-state index contributed by atoms with van der Waals surface area (Å²) in [6.45, 7) is 3.53. The van der Waals surface area contributed by atoms with Gasteiger partial charge in [0.15, 0.2) is 0 Å². The van der Waals surface area contributed by atoms with Crippen molar-refractivity contribution in [2.24, 2.45) is 0 Å². The molecular weight excluding hydrogens is 255 g/mol. The van der Waals surface area contributed by atoms with Gasteiger partial charge in [0.1, 0.15) is 5.82 Å². The van der Waals surface area contributed by atoms with E-state index in [1.807, 2.05) is 19.1 Å². The van der Waals surface area contributed by atoms with E-state index in [0.29, 0.717) is 6.42 Å². The molecule has 0 aliphatic rings. The Bertz CT molecular complexity index is 553. The molecule has 4 nitrogen and oxygen atoms in total. The van der Waals surface area contributed by atoms with E-state index >= 15 is 0 Å². The van der Waals surface area contributed by atoms with E-state index in [0.717, 1.165) is 6.07 Å². The van der Waals surface area contributed by atoms with Gasteiger partial charge in [0, 0.05) is 17.8 Å². The molecule has 100 valence electrons. The monoisotopic (exact) mass is 272 g/mol. The lowest BCUT2D eigenvalue weighted by Gasteiger charge is -2.10. The molecule has 0 radical (unpaired) electrons. The fourth-order valence-electron chi connectivity index (χ4n) is 1.47. The average Bonchev–Trinajstić information content (AvgIpc) is 2.29. The Balaban J connectivity index is 2.98. The van der Waals surface area contributed by atoms with E-state index in [-0.39, 0.29) is 22.7 Å². The third-order valence-corrected chi connectivity index (χ3v) is 4.03. The number of hydrogen-bond donors (Lipinski definition) is 2. The van der Waals surface area contributed by atoms with Gasteiger partial charge in [-0.3, -0.25) is 0 Å². The average molecular weight is 272 g/mol. The number of nitrogens with one attached hydrogen (secondary N) is 1. The largest absolute Gasteiger partial charge is 0.399 e. The number of anilines is 1. The highest BCUT2D eigenvalue weighted by atomic mass is 32.2. The predicted octanol–water partition coefficient (Wildman–Crippen LogP) is 1.96. The minimum atomic E-state index is -3.72. The number of benzene rings is 1. The molecule has 0 amide bonds. The fourth-order valence-corrected chi connectivity index (χ4v) is 2.81. The van der Waals surface area contributed by atoms with Crippen LogP contribution in [-0.2, 0) is 10.0 Å². The molecule has 0 aliphatic heterocycles. The third-order valence-electron chi connectivity index (χ3n) is 2.45. The minimum Gasteiger partial charge on any atom is -0.399 e. The van der Waals surface area contributed by atoms with E-state index in [1.165, 1.54) is 13.0 Å². The molecule has 0 aromatic heterocycles. The second-order valence-corrected chi connectivity index (χ2v) is 5.62. The topological polar surface area (TPSA) is 72.2 Å². The summed E-state index contributed by atoms with van der Waals surface area (Å²) in [5.74, 6) is -0.621. The number of rotatable bonds is 5. The zero-order valence-corrected chi connectivity index (χ0v) is 11.2. The summed E-state index contributed by atoms with van der Waals surface area (Å²) in [7, 11) is -3.72. The van der Waals surface area contributed by atoms with Crippen LogP contribution < -0.4 is 10.5 Å². The lowest BCUT2D eigenvalue weighted by molar-refractivity contribution is 0.575. The lowest BCUT2D eigenvalue weighted by atomic mass is 10.2. The molecule has 0 saturated heterocycles. The zero-order valence-electron chi connectivity index (χ0n) is 10.4. The van der Waals surface area contributed by atoms with E-state index in [1.54, 1.807) is 0 Å². The van der Waals surface area contributed by atoms with Gasteiger partial charge in [-0.1, -0.05) is 12.2 Å². The highest BCUT2D eigenvalue weighted by Crippen LogP contribution is 2.21. The number of halogens is 1. The smallest absolute Gasteiger partial charge is 0.241 e. The van der Waals surface area contributed by atoms with Gasteiger partial charge in [0.25, 0.3) is 0 Å². The Hall–Kier alpha value is -1.40. The highest BCUT2D eigenvalue weighted by Gasteiger charge is 2.19. The van der Waals surface area contributed by atoms with Crippen molar-refractivity contribution in [2.45, 2.75) is 25.2 Å². The van der Waals surface area contributed by atoms with Crippen molar-refractivity contribution >= 4 is 15.7 Å². The van der Waals surface area contributed by atoms with Crippen molar-refractivity contribution in [1.82, 2.24) is 4.72 Å². The summed E-state index contributed by atoms with van der Waals surface area (Å²) in [4.78, 5) is -0.111. The molecule has 0 aliphatic carbocycles. The summed E-state index contributed by atoms with van der Waals surface area (Å²) < 4.78 is 39.8. The van der Waals surface area contributed by atoms with E-state index in [4.69, 9.17) is 5.73 Å². The Morgan fingerprint density at radius 2 is 2.11 bits per heavy atom. The molecule has 0 spiro atoms. The summed E-state index contributed by atoms with van der Waals surface area (Å²) in [5.41, 5.74) is 5.62. The summed E-state index contributed by atoms with van der Waals surface area (Å²) >= 11 is 0. The first-order valence-corrected chi connectivity index (χ1v) is 7.03. The molecule has 1 rings (SSSR count). The Morgan fingerprint density at radius 1 is 1.44 bits per heavy atom. The summed E-state index contributed by atoms with van der Waals surface area (Å²) in [5, 5.41) is 0. The zero-order chi connectivity index (χ0) is 13.8. The molecule has 1 aromatic carbocycles. The van der Waals surface area contributed by atoms with Crippen LogP contribution in [0, 0.1) is 12.7 Å². The van der Waals surface area contributed by atoms with Gasteiger partial charge < -0.3 is 5.73 Å². The highest BCUT2D eigenvalue weighted by molar-refractivity contribution is 7.89. The van der Waals surface area contributed by atoms with Gasteiger partial charge in [0.2, 0.25) is 10.0 Å². The molecule has 18 heavy (non-hydrogen) atoms. The van der Waals surface area contributed by atoms with Crippen LogP contribution in [0.15, 0.2) is 29.2 Å². The molecule has 1 aromatic rings. The Kier molecular flexibility index (Phi) is 4.86. The predicted molar refractivity (Wildman–Crippen MR) is 70.2 cm³/mol. The summed E-state index contributed by atoms with van der Waals surface area (Å²) in [6.07, 6.45) is 4.26.